The van der Waals surface area contributed by atoms with E-state index in [0.717, 1.165) is 63.4 Å². The lowest BCUT2D eigenvalue weighted by molar-refractivity contribution is -0.193. The molecular weight excluding hydrogens is 797 g/mol. The Bertz CT molecular complexity index is 1680. The molecule has 2 saturated heterocycles. The van der Waals surface area contributed by atoms with Crippen LogP contribution in [0.4, 0.5) is 9.59 Å². The summed E-state index contributed by atoms with van der Waals surface area (Å²) in [4.78, 5) is 72.9. The van der Waals surface area contributed by atoms with E-state index < -0.39 is 5.60 Å². The van der Waals surface area contributed by atoms with E-state index >= 15 is 0 Å². The molecule has 2 heterocycles. The van der Waals surface area contributed by atoms with E-state index in [0.29, 0.717) is 37.6 Å². The number of ether oxygens (including phenoxy) is 4. The number of nitrogens with one attached hydrogen (secondary N) is 1. The van der Waals surface area contributed by atoms with E-state index in [1.54, 1.807) is 15.9 Å². The van der Waals surface area contributed by atoms with Crippen molar-refractivity contribution in [1.29, 1.82) is 0 Å². The minimum atomic E-state index is -0.449. The van der Waals surface area contributed by atoms with Gasteiger partial charge in [0.2, 0.25) is 0 Å². The summed E-state index contributed by atoms with van der Waals surface area (Å²) in [6.45, 7) is 36.7. The zero-order valence-corrected chi connectivity index (χ0v) is 39.2. The van der Waals surface area contributed by atoms with Gasteiger partial charge in [-0.25, -0.2) is 9.59 Å². The van der Waals surface area contributed by atoms with Gasteiger partial charge >= 0.3 is 24.5 Å². The van der Waals surface area contributed by atoms with Crippen LogP contribution in [0.15, 0.2) is 36.4 Å². The van der Waals surface area contributed by atoms with Crippen LogP contribution in [0, 0.1) is 24.7 Å². The first-order valence-electron chi connectivity index (χ1n) is 20.5. The maximum absolute atomic E-state index is 12.2. The molecule has 0 aromatic heterocycles. The highest BCUT2D eigenvalue weighted by Gasteiger charge is 2.27. The van der Waals surface area contributed by atoms with Crippen LogP contribution in [-0.2, 0) is 35.2 Å². The normalized spacial score (nSPS) is 14.0. The van der Waals surface area contributed by atoms with Crippen LogP contribution in [0.3, 0.4) is 0 Å². The number of carbonyl (C=O) groups excluding carboxylic acids is 7. The Hall–Kier alpha value is -5.07. The lowest BCUT2D eigenvalue weighted by atomic mass is 9.98. The highest BCUT2D eigenvalue weighted by Crippen LogP contribution is 2.26. The summed E-state index contributed by atoms with van der Waals surface area (Å²) in [7, 11) is 0. The third-order valence-corrected chi connectivity index (χ3v) is 8.03. The first kappa shape index (κ1) is 59.0. The molecule has 2 amide bonds. The topological polar surface area (TPSA) is 178 Å². The molecule has 4 rings (SSSR count). The molecule has 2 fully saturated rings. The molecule has 350 valence electrons. The summed E-state index contributed by atoms with van der Waals surface area (Å²) in [6, 6.07) is 12.0. The summed E-state index contributed by atoms with van der Waals surface area (Å²) >= 11 is 0. The van der Waals surface area contributed by atoms with E-state index in [-0.39, 0.29) is 48.3 Å². The predicted molar refractivity (Wildman–Crippen MR) is 238 cm³/mol. The molecule has 0 saturated carbocycles. The SMILES string of the molecule is C.CC(C)(C)OC(=O)N1CCNCC1.Cc1ccc(C=O)c(OCC(C)(C)C)c1.Cc1ccc(CN2CCN(C(=O)OC(C)(C)C)CC2)c(OCC(C)(C)C)c1.O=C=O.O=C=O. The Morgan fingerprint density at radius 3 is 1.42 bits per heavy atom. The van der Waals surface area contributed by atoms with Crippen LogP contribution in [0.5, 0.6) is 11.5 Å². The summed E-state index contributed by atoms with van der Waals surface area (Å²) in [5, 5.41) is 3.18. The van der Waals surface area contributed by atoms with Crippen molar-refractivity contribution in [2.75, 3.05) is 65.6 Å². The van der Waals surface area contributed by atoms with Crippen molar-refractivity contribution < 1.29 is 52.5 Å². The molecule has 2 aliphatic heterocycles. The fourth-order valence-corrected chi connectivity index (χ4v) is 5.21. The van der Waals surface area contributed by atoms with Crippen molar-refractivity contribution in [2.45, 2.75) is 122 Å². The van der Waals surface area contributed by atoms with Crippen molar-refractivity contribution >= 4 is 30.8 Å². The standard InChI is InChI=1S/C22H36N2O3.C13H18O2.C9H18N2O2.2CO2.CH4/c1-17-8-9-18(19(14-17)26-16-21(2,3)4)15-23-10-12-24(13-11-23)20(25)27-22(5,6)7;1-10-5-6-11(8-14)12(7-10)15-9-13(2,3)4;1-9(2,3)13-8(12)11-6-4-10-5-7-11;2*2-1-3;/h8-9,14H,10-13,15-16H2,1-7H3;5-8H,9H2,1-4H3;10H,4-7H2,1-3H3;;;1H4. The van der Waals surface area contributed by atoms with Gasteiger partial charge in [-0.2, -0.15) is 19.2 Å². The molecule has 0 unspecified atom stereocenters. The van der Waals surface area contributed by atoms with Crippen molar-refractivity contribution in [3.05, 3.63) is 58.7 Å². The van der Waals surface area contributed by atoms with Gasteiger partial charge in [0.05, 0.1) is 18.8 Å². The smallest absolute Gasteiger partial charge is 0.410 e. The van der Waals surface area contributed by atoms with Gasteiger partial charge in [0, 0.05) is 64.5 Å². The Balaban J connectivity index is 0. The summed E-state index contributed by atoms with van der Waals surface area (Å²) in [6.07, 6.45) is 0.915. The number of aldehydes is 1. The van der Waals surface area contributed by atoms with Gasteiger partial charge in [-0.15, -0.1) is 0 Å². The van der Waals surface area contributed by atoms with Crippen molar-refractivity contribution in [2.24, 2.45) is 10.8 Å². The predicted octanol–water partition coefficient (Wildman–Crippen LogP) is 8.00. The molecule has 0 aliphatic carbocycles. The third kappa shape index (κ3) is 28.5. The number of rotatable bonds is 7. The molecule has 15 heteroatoms. The maximum atomic E-state index is 12.2. The van der Waals surface area contributed by atoms with Gasteiger partial charge in [-0.3, -0.25) is 9.69 Å². The lowest BCUT2D eigenvalue weighted by Gasteiger charge is -2.35. The van der Waals surface area contributed by atoms with Crippen molar-refractivity contribution in [1.82, 2.24) is 20.0 Å². The first-order valence-corrected chi connectivity index (χ1v) is 20.5. The Morgan fingerprint density at radius 2 is 1.02 bits per heavy atom. The highest BCUT2D eigenvalue weighted by molar-refractivity contribution is 5.79. The molecule has 0 radical (unpaired) electrons. The monoisotopic (exact) mass is 873 g/mol. The molecule has 0 spiro atoms. The van der Waals surface area contributed by atoms with Crippen LogP contribution in [-0.4, -0.2) is 122 Å². The highest BCUT2D eigenvalue weighted by atomic mass is 16.6. The summed E-state index contributed by atoms with van der Waals surface area (Å²) < 4.78 is 22.5. The van der Waals surface area contributed by atoms with Gasteiger partial charge < -0.3 is 34.1 Å². The largest absolute Gasteiger partial charge is 0.493 e. The lowest BCUT2D eigenvalue weighted by Crippen LogP contribution is -2.49. The molecule has 2 aromatic rings. The number of carbonyl (C=O) groups is 3. The van der Waals surface area contributed by atoms with Crippen molar-refractivity contribution in [3.8, 4) is 11.5 Å². The van der Waals surface area contributed by atoms with Gasteiger partial charge in [0.15, 0.2) is 6.29 Å². The second kappa shape index (κ2) is 28.5. The second-order valence-corrected chi connectivity index (χ2v) is 19.1. The number of hydrogen-bond donors (Lipinski definition) is 1. The molecule has 1 N–H and O–H groups in total. The van der Waals surface area contributed by atoms with Gasteiger partial charge in [0.25, 0.3) is 0 Å². The number of hydrogen-bond acceptors (Lipinski definition) is 13. The Labute approximate surface area is 371 Å². The molecule has 2 aromatic carbocycles. The number of piperazine rings is 2. The van der Waals surface area contributed by atoms with Crippen molar-refractivity contribution in [3.63, 3.8) is 0 Å². The van der Waals surface area contributed by atoms with Crippen LogP contribution < -0.4 is 14.8 Å². The zero-order valence-electron chi connectivity index (χ0n) is 39.2. The number of nitrogens with zero attached hydrogens (tertiary/aromatic N) is 3. The quantitative estimate of drug-likeness (QED) is 0.265. The molecule has 15 nitrogen and oxygen atoms in total. The molecular formula is C47H76N4O11. The maximum Gasteiger partial charge on any atom is 0.410 e. The number of amides is 2. The van der Waals surface area contributed by atoms with E-state index in [2.05, 4.69) is 76.9 Å². The minimum absolute atomic E-state index is 0. The van der Waals surface area contributed by atoms with Gasteiger partial charge in [0.1, 0.15) is 22.7 Å². The molecule has 0 atom stereocenters. The fraction of sp³-hybridized carbons (Fsp3) is 0.638. The van der Waals surface area contributed by atoms with Crippen LogP contribution in [0.25, 0.3) is 0 Å². The first-order chi connectivity index (χ1) is 28.2. The average molecular weight is 873 g/mol. The van der Waals surface area contributed by atoms with Crippen LogP contribution in [0.2, 0.25) is 0 Å². The van der Waals surface area contributed by atoms with Gasteiger partial charge in [-0.05, 0) is 95.5 Å². The average Bonchev–Trinajstić information content (AvgIpc) is 3.14. The zero-order chi connectivity index (χ0) is 47.0. The Morgan fingerprint density at radius 1 is 0.629 bits per heavy atom. The van der Waals surface area contributed by atoms with E-state index in [4.69, 9.17) is 38.1 Å². The third-order valence-electron chi connectivity index (χ3n) is 8.03. The van der Waals surface area contributed by atoms with E-state index in [9.17, 15) is 14.4 Å². The molecule has 2 aliphatic rings. The molecule has 0 bridgehead atoms. The Kier molecular flexibility index (Phi) is 27.1. The van der Waals surface area contributed by atoms with Gasteiger partial charge in [-0.1, -0.05) is 67.2 Å². The van der Waals surface area contributed by atoms with Crippen LogP contribution in [0.1, 0.15) is 118 Å². The fourth-order valence-electron chi connectivity index (χ4n) is 5.21. The summed E-state index contributed by atoms with van der Waals surface area (Å²) in [5.74, 6) is 1.65. The van der Waals surface area contributed by atoms with E-state index in [1.165, 1.54) is 11.1 Å². The number of aryl methyl sites for hydroxylation is 2. The number of benzene rings is 2. The molecule has 62 heavy (non-hydrogen) atoms. The van der Waals surface area contributed by atoms with Crippen LogP contribution >= 0.6 is 0 Å². The minimum Gasteiger partial charge on any atom is -0.493 e. The summed E-state index contributed by atoms with van der Waals surface area (Å²) in [5.41, 5.74) is 3.52. The second-order valence-electron chi connectivity index (χ2n) is 19.1. The van der Waals surface area contributed by atoms with E-state index in [1.807, 2.05) is 60.6 Å².